The number of halogens is 5. The molecule has 0 radical (unpaired) electrons. The van der Waals surface area contributed by atoms with E-state index in [1.165, 1.54) is 106 Å². The van der Waals surface area contributed by atoms with Gasteiger partial charge in [-0.3, -0.25) is 9.59 Å². The Morgan fingerprint density at radius 1 is 0.250 bits per heavy atom. The second kappa shape index (κ2) is 68.0. The summed E-state index contributed by atoms with van der Waals surface area (Å²) in [6, 6.07) is 19.1. The number of hydrogen-bond acceptors (Lipinski definition) is 32. The molecule has 0 saturated heterocycles. The van der Waals surface area contributed by atoms with Crippen molar-refractivity contribution in [1.29, 1.82) is 0 Å². The Morgan fingerprint density at radius 3 is 0.625 bits per heavy atom. The number of methoxy groups -OCH3 is 12. The second-order valence-corrected chi connectivity index (χ2v) is 29.1. The molecule has 0 bridgehead atoms. The van der Waals surface area contributed by atoms with Crippen molar-refractivity contribution < 1.29 is 183 Å². The molecule has 0 heterocycles. The van der Waals surface area contributed by atoms with E-state index in [0.29, 0.717) is 116 Å². The van der Waals surface area contributed by atoms with Crippen LogP contribution >= 0.6 is 79.6 Å². The number of carbonyl (C=O) groups is 10. The Morgan fingerprint density at radius 2 is 0.414 bits per heavy atom. The summed E-state index contributed by atoms with van der Waals surface area (Å²) >= 11 is 16.7. The van der Waals surface area contributed by atoms with Crippen LogP contribution < -0.4 is 18.9 Å². The quantitative estimate of drug-likeness (QED) is 0.0118. The summed E-state index contributed by atoms with van der Waals surface area (Å²) in [7, 11) is 18.2. The Balaban J connectivity index is 0.00000101. The smallest absolute Gasteiger partial charge is 0.339 e. The van der Waals surface area contributed by atoms with Crippen LogP contribution in [-0.2, 0) is 115 Å². The zero-order chi connectivity index (χ0) is 94.8. The van der Waals surface area contributed by atoms with Crippen LogP contribution in [0.4, 0.5) is 0 Å². The van der Waals surface area contributed by atoms with Gasteiger partial charge in [-0.05, 0) is 169 Å². The molecule has 0 aliphatic rings. The van der Waals surface area contributed by atoms with Crippen molar-refractivity contribution in [1.82, 2.24) is 0 Å². The van der Waals surface area contributed by atoms with Gasteiger partial charge < -0.3 is 114 Å². The van der Waals surface area contributed by atoms with E-state index in [-0.39, 0.29) is 160 Å². The summed E-state index contributed by atoms with van der Waals surface area (Å²) in [5.74, 6) is -4.40. The first kappa shape index (κ1) is 117. The number of carboxylic acid groups (broad SMARTS) is 2. The van der Waals surface area contributed by atoms with Gasteiger partial charge in [0.1, 0.15) is 89.1 Å². The number of carboxylic acids is 2. The van der Waals surface area contributed by atoms with Crippen LogP contribution in [0.25, 0.3) is 42.5 Å². The fourth-order valence-corrected chi connectivity index (χ4v) is 12.3. The van der Waals surface area contributed by atoms with Crippen LogP contribution in [0.15, 0.2) is 102 Å². The van der Waals surface area contributed by atoms with Crippen molar-refractivity contribution in [3.05, 3.63) is 185 Å². The minimum atomic E-state index is -0.833. The van der Waals surface area contributed by atoms with Crippen LogP contribution in [0.5, 0.6) is 23.0 Å². The van der Waals surface area contributed by atoms with E-state index in [9.17, 15) is 38.4 Å². The third-order valence-corrected chi connectivity index (χ3v) is 19.0. The molecule has 0 spiro atoms. The van der Waals surface area contributed by atoms with Crippen LogP contribution in [-0.4, -0.2) is 287 Å². The Labute approximate surface area is 798 Å². The maximum absolute atomic E-state index is 13.2. The van der Waals surface area contributed by atoms with Crippen molar-refractivity contribution in [3.63, 3.8) is 0 Å². The van der Waals surface area contributed by atoms with Crippen molar-refractivity contribution in [2.45, 2.75) is 13.8 Å². The van der Waals surface area contributed by atoms with Crippen molar-refractivity contribution in [2.24, 2.45) is 0 Å². The molecule has 6 aromatic rings. The van der Waals surface area contributed by atoms with E-state index in [0.717, 1.165) is 19.4 Å². The molecule has 0 aliphatic heterocycles. The number of hydrogen-bond donors (Lipinski definition) is 2. The molecule has 2 N–H and O–H groups in total. The molecule has 0 atom stereocenters. The van der Waals surface area contributed by atoms with E-state index in [2.05, 4.69) is 86.2 Å². The summed E-state index contributed by atoms with van der Waals surface area (Å²) in [6.45, 7) is 9.65. The monoisotopic (exact) mass is 2210 g/mol. The normalized spacial score (nSPS) is 10.6. The van der Waals surface area contributed by atoms with Gasteiger partial charge in [-0.2, -0.15) is 0 Å². The molecule has 0 amide bonds. The van der Waals surface area contributed by atoms with E-state index in [1.54, 1.807) is 94.2 Å². The van der Waals surface area contributed by atoms with Gasteiger partial charge in [0, 0.05) is 150 Å². The maximum atomic E-state index is 13.2. The predicted molar refractivity (Wildman–Crippen MR) is 486 cm³/mol. The zero-order valence-corrected chi connectivity index (χ0v) is 82.5. The summed E-state index contributed by atoms with van der Waals surface area (Å²) in [6.07, 6.45) is 11.8. The predicted octanol–water partition coefficient (Wildman–Crippen LogP) is 14.7. The van der Waals surface area contributed by atoms with Gasteiger partial charge in [-0.1, -0.05) is 49.1 Å². The largest absolute Gasteiger partial charge is 0.496 e. The molecular weight excluding hydrogens is 2110 g/mol. The zero-order valence-electron chi connectivity index (χ0n) is 73.0. The van der Waals surface area contributed by atoms with Crippen LogP contribution in [0.2, 0.25) is 0 Å². The standard InChI is InChI=1S/C42H48Br2O15.C28H33BrO9.C14H16Br2O6.2C2H4O2.Pd/c1-49-11-16-55-38-24-29(9-7-27-21-33(41(47)58-19-14-52-4)35(43)25-31(27)39(45)56-17-12-50-2)37(54-6)23-30(38)10-8-28-22-34(42(48)59-20-15-53-5)36(44)26-32(28)40(46)57-18-13-51-3;1-6-19-16-26(36-12-9-32-2)21(17-25(19)35-5)8-7-20-15-23(28(31)38-14-11-34-4)24(29)18-22(20)27(30)37-13-10-33-3;1-19-3-5-21-13(17)9-7-12(16)10(8-11(9)15)14(18)22-6-4-20-2;2*1-2(3)4;/h7-10,21-26H,11-20H2,1-6H3;6-8,15-18H,1,9-14H2,2-5H3;7-8H,3-6H2,1-2H3;2*1H3,(H,3,4);/b9-7+,10-8+;8-7+;;;;. The van der Waals surface area contributed by atoms with E-state index < -0.39 is 59.7 Å². The van der Waals surface area contributed by atoms with Gasteiger partial charge in [0.25, 0.3) is 11.9 Å². The van der Waals surface area contributed by atoms with Gasteiger partial charge >= 0.3 is 47.8 Å². The van der Waals surface area contributed by atoms with Gasteiger partial charge in [-0.15, -0.1) is 0 Å². The molecule has 40 heteroatoms. The molecule has 6 rings (SSSR count). The SMILES string of the molecule is C=Cc1cc(OCCOC)c(/C=C/c2cc(C(=O)OCCOC)c(Br)cc2C(=O)OCCOC)cc1OC.CC(=O)O.CC(=O)O.COCCOC(=O)c1cc(/C=C/c2cc(OCCOC)c(/C=C/c3cc(C(=O)OCCOC)c(Br)cc3C(=O)OCCOC)cc2OC)c(C(=O)OCCOC)cc1Br.COCCOC(=O)c1cc(Br)c(C(=O)OCCOC)cc1Br.[Pd]. The molecule has 34 nitrogen and oxygen atoms in total. The Hall–Kier alpha value is -9.16. The molecule has 0 unspecified atom stereocenters. The summed E-state index contributed by atoms with van der Waals surface area (Å²) in [5.41, 5.74) is 5.39. The molecule has 0 saturated carbocycles. The van der Waals surface area contributed by atoms with Crippen LogP contribution in [0, 0.1) is 0 Å². The average Bonchev–Trinajstić information content (AvgIpc) is 0.823. The number of ether oxygens (including phenoxy) is 22. The van der Waals surface area contributed by atoms with Gasteiger partial charge in [0.05, 0.1) is 125 Å². The second-order valence-electron chi connectivity index (χ2n) is 24.8. The van der Waals surface area contributed by atoms with Crippen molar-refractivity contribution in [2.75, 3.05) is 217 Å². The fourth-order valence-electron chi connectivity index (χ4n) is 9.75. The molecule has 128 heavy (non-hydrogen) atoms. The minimum Gasteiger partial charge on any atom is -0.496 e. The summed E-state index contributed by atoms with van der Waals surface area (Å²) in [4.78, 5) is 120. The Kier molecular flexibility index (Phi) is 62.1. The van der Waals surface area contributed by atoms with Crippen molar-refractivity contribution >= 4 is 182 Å². The summed E-state index contributed by atoms with van der Waals surface area (Å²) in [5, 5.41) is 14.8. The van der Waals surface area contributed by atoms with E-state index >= 15 is 0 Å². The number of aliphatic carboxylic acids is 2. The molecule has 706 valence electrons. The first-order chi connectivity index (χ1) is 60.9. The molecule has 0 aliphatic carbocycles. The molecular formula is C88H105Br5O34Pd. The number of benzene rings is 6. The topological polar surface area (TPSA) is 414 Å². The maximum Gasteiger partial charge on any atom is 0.339 e. The molecule has 0 aromatic heterocycles. The van der Waals surface area contributed by atoms with Crippen molar-refractivity contribution in [3.8, 4) is 23.0 Å². The summed E-state index contributed by atoms with van der Waals surface area (Å²) < 4.78 is 117. The third kappa shape index (κ3) is 43.5. The Bertz CT molecular complexity index is 4580. The van der Waals surface area contributed by atoms with Crippen LogP contribution in [0.3, 0.4) is 0 Å². The van der Waals surface area contributed by atoms with Crippen LogP contribution in [0.1, 0.15) is 136 Å². The first-order valence-electron chi connectivity index (χ1n) is 37.9. The number of rotatable bonds is 49. The number of carbonyl (C=O) groups excluding carboxylic acids is 8. The van der Waals surface area contributed by atoms with E-state index in [1.807, 2.05) is 0 Å². The van der Waals surface area contributed by atoms with Gasteiger partial charge in [0.15, 0.2) is 0 Å². The third-order valence-electron chi connectivity index (χ3n) is 15.8. The number of esters is 8. The van der Waals surface area contributed by atoms with Gasteiger partial charge in [-0.25, -0.2) is 38.4 Å². The fraction of sp³-hybridized carbons (Fsp3) is 0.386. The average molecular weight is 2210 g/mol. The van der Waals surface area contributed by atoms with E-state index in [4.69, 9.17) is 124 Å². The molecule has 0 fully saturated rings. The molecule has 6 aromatic carbocycles. The van der Waals surface area contributed by atoms with Gasteiger partial charge in [0.2, 0.25) is 0 Å². The minimum absolute atomic E-state index is 0. The first-order valence-corrected chi connectivity index (χ1v) is 41.9.